The van der Waals surface area contributed by atoms with Crippen molar-refractivity contribution in [3.05, 3.63) is 35.6 Å². The third kappa shape index (κ3) is 7.15. The van der Waals surface area contributed by atoms with Crippen LogP contribution in [0.2, 0.25) is 0 Å². The van der Waals surface area contributed by atoms with Gasteiger partial charge in [-0.25, -0.2) is 4.39 Å². The maximum Gasteiger partial charge on any atom is 0.389 e. The number of unbranched alkanes of at least 4 members (excludes halogenated alkanes) is 1. The zero-order valence-electron chi connectivity index (χ0n) is 10.9. The first-order chi connectivity index (χ1) is 8.88. The fourth-order valence-corrected chi connectivity index (χ4v) is 1.86. The smallest absolute Gasteiger partial charge is 0.314 e. The van der Waals surface area contributed by atoms with Crippen LogP contribution < -0.4 is 5.32 Å². The van der Waals surface area contributed by atoms with Crippen molar-refractivity contribution in [1.29, 1.82) is 0 Å². The molecule has 1 atom stereocenters. The first-order valence-corrected chi connectivity index (χ1v) is 6.42. The minimum Gasteiger partial charge on any atom is -0.314 e. The zero-order valence-corrected chi connectivity index (χ0v) is 10.9. The first-order valence-electron chi connectivity index (χ1n) is 6.42. The van der Waals surface area contributed by atoms with Crippen LogP contribution in [0.25, 0.3) is 0 Å². The fourth-order valence-electron chi connectivity index (χ4n) is 1.86. The Balaban J connectivity index is 2.18. The molecule has 1 aromatic rings. The molecule has 0 amide bonds. The van der Waals surface area contributed by atoms with E-state index < -0.39 is 12.6 Å². The van der Waals surface area contributed by atoms with Crippen LogP contribution in [0, 0.1) is 5.82 Å². The van der Waals surface area contributed by atoms with Crippen molar-refractivity contribution in [2.45, 2.75) is 44.8 Å². The van der Waals surface area contributed by atoms with Crippen molar-refractivity contribution in [3.63, 3.8) is 0 Å². The van der Waals surface area contributed by atoms with E-state index in [0.29, 0.717) is 24.9 Å². The highest BCUT2D eigenvalue weighted by atomic mass is 19.4. The topological polar surface area (TPSA) is 12.0 Å². The molecule has 19 heavy (non-hydrogen) atoms. The van der Waals surface area contributed by atoms with Gasteiger partial charge in [0.25, 0.3) is 0 Å². The quantitative estimate of drug-likeness (QED) is 0.585. The predicted octanol–water partition coefficient (Wildman–Crippen LogP) is 4.08. The summed E-state index contributed by atoms with van der Waals surface area (Å²) >= 11 is 0. The van der Waals surface area contributed by atoms with Gasteiger partial charge in [0.05, 0.1) is 0 Å². The summed E-state index contributed by atoms with van der Waals surface area (Å²) in [7, 11) is 0. The number of nitrogens with one attached hydrogen (secondary N) is 1. The molecule has 1 unspecified atom stereocenters. The van der Waals surface area contributed by atoms with Crippen LogP contribution >= 0.6 is 0 Å². The normalized spacial score (nSPS) is 13.5. The van der Waals surface area contributed by atoms with E-state index in [1.807, 2.05) is 6.92 Å². The van der Waals surface area contributed by atoms with Gasteiger partial charge in [0, 0.05) is 12.5 Å². The Labute approximate surface area is 111 Å². The van der Waals surface area contributed by atoms with E-state index in [1.165, 1.54) is 6.07 Å². The van der Waals surface area contributed by atoms with Gasteiger partial charge >= 0.3 is 6.18 Å². The Morgan fingerprint density at radius 3 is 2.47 bits per heavy atom. The average molecular weight is 277 g/mol. The molecule has 1 nitrogen and oxygen atoms in total. The summed E-state index contributed by atoms with van der Waals surface area (Å²) in [6.45, 7) is 2.42. The Hall–Kier alpha value is -1.10. The molecule has 0 heterocycles. The second-order valence-corrected chi connectivity index (χ2v) is 4.72. The van der Waals surface area contributed by atoms with Gasteiger partial charge in [0.2, 0.25) is 0 Å². The van der Waals surface area contributed by atoms with Gasteiger partial charge in [-0.1, -0.05) is 18.2 Å². The SMILES string of the molecule is CC(Cc1ccccc1F)NCCCCC(F)(F)F. The number of hydrogen-bond donors (Lipinski definition) is 1. The van der Waals surface area contributed by atoms with Crippen LogP contribution in [0.3, 0.4) is 0 Å². The number of alkyl halides is 3. The summed E-state index contributed by atoms with van der Waals surface area (Å²) in [5, 5.41) is 3.11. The average Bonchev–Trinajstić information content (AvgIpc) is 2.30. The molecule has 5 heteroatoms. The fraction of sp³-hybridized carbons (Fsp3) is 0.571. The van der Waals surface area contributed by atoms with Crippen molar-refractivity contribution >= 4 is 0 Å². The summed E-state index contributed by atoms with van der Waals surface area (Å²) in [5.41, 5.74) is 0.623. The van der Waals surface area contributed by atoms with Crippen LogP contribution in [-0.4, -0.2) is 18.8 Å². The number of benzene rings is 1. The summed E-state index contributed by atoms with van der Waals surface area (Å²) in [4.78, 5) is 0. The zero-order chi connectivity index (χ0) is 14.3. The van der Waals surface area contributed by atoms with E-state index >= 15 is 0 Å². The van der Waals surface area contributed by atoms with E-state index in [4.69, 9.17) is 0 Å². The van der Waals surface area contributed by atoms with Gasteiger partial charge in [0.15, 0.2) is 0 Å². The van der Waals surface area contributed by atoms with Crippen LogP contribution in [0.1, 0.15) is 31.7 Å². The van der Waals surface area contributed by atoms with E-state index in [1.54, 1.807) is 18.2 Å². The Morgan fingerprint density at radius 2 is 1.84 bits per heavy atom. The van der Waals surface area contributed by atoms with Crippen molar-refractivity contribution in [2.75, 3.05) is 6.54 Å². The van der Waals surface area contributed by atoms with E-state index in [-0.39, 0.29) is 18.3 Å². The van der Waals surface area contributed by atoms with E-state index in [0.717, 1.165) is 0 Å². The third-order valence-corrected chi connectivity index (χ3v) is 2.86. The van der Waals surface area contributed by atoms with Gasteiger partial charge in [0.1, 0.15) is 5.82 Å². The molecule has 0 aliphatic heterocycles. The molecule has 1 N–H and O–H groups in total. The molecule has 0 spiro atoms. The van der Waals surface area contributed by atoms with E-state index in [9.17, 15) is 17.6 Å². The van der Waals surface area contributed by atoms with Crippen molar-refractivity contribution in [3.8, 4) is 0 Å². The molecule has 1 aromatic carbocycles. The van der Waals surface area contributed by atoms with Gasteiger partial charge in [-0.05, 0) is 44.4 Å². The molecule has 0 fully saturated rings. The molecule has 0 saturated carbocycles. The molecule has 1 rings (SSSR count). The first kappa shape index (κ1) is 16.0. The maximum absolute atomic E-state index is 13.4. The molecule has 108 valence electrons. The van der Waals surface area contributed by atoms with Gasteiger partial charge in [-0.15, -0.1) is 0 Å². The number of hydrogen-bond acceptors (Lipinski definition) is 1. The van der Waals surface area contributed by atoms with Crippen molar-refractivity contribution in [1.82, 2.24) is 5.32 Å². The Bertz CT molecular complexity index is 376. The minimum absolute atomic E-state index is 0.0442. The molecule has 0 aliphatic carbocycles. The second-order valence-electron chi connectivity index (χ2n) is 4.72. The Kier molecular flexibility index (Phi) is 6.28. The van der Waals surface area contributed by atoms with E-state index in [2.05, 4.69) is 5.32 Å². The highest BCUT2D eigenvalue weighted by Gasteiger charge is 2.25. The molecule has 0 radical (unpaired) electrons. The van der Waals surface area contributed by atoms with Crippen molar-refractivity contribution < 1.29 is 17.6 Å². The van der Waals surface area contributed by atoms with Crippen molar-refractivity contribution in [2.24, 2.45) is 0 Å². The molecule has 0 aliphatic rings. The highest BCUT2D eigenvalue weighted by Crippen LogP contribution is 2.21. The minimum atomic E-state index is -4.07. The van der Waals surface area contributed by atoms with Crippen LogP contribution in [0.5, 0.6) is 0 Å². The molecule has 0 bridgehead atoms. The molecule has 0 saturated heterocycles. The van der Waals surface area contributed by atoms with Crippen LogP contribution in [-0.2, 0) is 6.42 Å². The summed E-state index contributed by atoms with van der Waals surface area (Å²) in [5.74, 6) is -0.242. The largest absolute Gasteiger partial charge is 0.389 e. The third-order valence-electron chi connectivity index (χ3n) is 2.86. The summed E-state index contributed by atoms with van der Waals surface area (Å²) in [6.07, 6.45) is -3.68. The standard InChI is InChI=1S/C14H19F4N/c1-11(10-12-6-2-3-7-13(12)15)19-9-5-4-8-14(16,17)18/h2-3,6-7,11,19H,4-5,8-10H2,1H3. The number of rotatable bonds is 7. The molecular weight excluding hydrogens is 258 g/mol. The lowest BCUT2D eigenvalue weighted by atomic mass is 10.1. The molecular formula is C14H19F4N. The van der Waals surface area contributed by atoms with Gasteiger partial charge in [-0.2, -0.15) is 13.2 Å². The Morgan fingerprint density at radius 1 is 1.16 bits per heavy atom. The summed E-state index contributed by atoms with van der Waals surface area (Å²) in [6, 6.07) is 6.58. The lowest BCUT2D eigenvalue weighted by molar-refractivity contribution is -0.135. The predicted molar refractivity (Wildman–Crippen MR) is 67.5 cm³/mol. The lowest BCUT2D eigenvalue weighted by Gasteiger charge is -2.14. The summed E-state index contributed by atoms with van der Waals surface area (Å²) < 4.78 is 49.1. The van der Waals surface area contributed by atoms with Crippen LogP contribution in [0.15, 0.2) is 24.3 Å². The van der Waals surface area contributed by atoms with Gasteiger partial charge < -0.3 is 5.32 Å². The lowest BCUT2D eigenvalue weighted by Crippen LogP contribution is -2.29. The second kappa shape index (κ2) is 7.48. The highest BCUT2D eigenvalue weighted by molar-refractivity contribution is 5.18. The molecule has 0 aromatic heterocycles. The maximum atomic E-state index is 13.4. The van der Waals surface area contributed by atoms with Crippen LogP contribution in [0.4, 0.5) is 17.6 Å². The number of halogens is 4. The van der Waals surface area contributed by atoms with Gasteiger partial charge in [-0.3, -0.25) is 0 Å². The monoisotopic (exact) mass is 277 g/mol.